The van der Waals surface area contributed by atoms with Crippen LogP contribution in [0, 0.1) is 0 Å². The number of para-hydroxylation sites is 2. The fraction of sp³-hybridized carbons (Fsp3) is 0.188. The molecule has 5 heteroatoms. The van der Waals surface area contributed by atoms with E-state index in [9.17, 15) is 0 Å². The summed E-state index contributed by atoms with van der Waals surface area (Å²) in [5.74, 6) is 1.58. The molecule has 0 spiro atoms. The highest BCUT2D eigenvalue weighted by molar-refractivity contribution is 7.80. The Hall–Kier alpha value is -2.27. The lowest BCUT2D eigenvalue weighted by Crippen LogP contribution is -2.19. The summed E-state index contributed by atoms with van der Waals surface area (Å²) in [7, 11) is 1.64. The average molecular weight is 302 g/mol. The molecular formula is C16H18N2O2S. The molecule has 0 aliphatic carbocycles. The van der Waals surface area contributed by atoms with E-state index in [4.69, 9.17) is 21.7 Å². The van der Waals surface area contributed by atoms with E-state index in [0.29, 0.717) is 11.7 Å². The molecule has 0 atom stereocenters. The second-order valence-electron chi connectivity index (χ2n) is 4.24. The van der Waals surface area contributed by atoms with Gasteiger partial charge in [-0.15, -0.1) is 0 Å². The van der Waals surface area contributed by atoms with Gasteiger partial charge in [0.05, 0.1) is 19.4 Å². The average Bonchev–Trinajstić information content (AvgIpc) is 2.50. The van der Waals surface area contributed by atoms with Crippen LogP contribution in [0.25, 0.3) is 0 Å². The quantitative estimate of drug-likeness (QED) is 0.820. The first-order valence-corrected chi connectivity index (χ1v) is 7.07. The van der Waals surface area contributed by atoms with Crippen molar-refractivity contribution in [1.82, 2.24) is 0 Å². The highest BCUT2D eigenvalue weighted by atomic mass is 32.1. The summed E-state index contributed by atoms with van der Waals surface area (Å²) < 4.78 is 10.7. The molecular weight excluding hydrogens is 284 g/mol. The Morgan fingerprint density at radius 1 is 1.05 bits per heavy atom. The van der Waals surface area contributed by atoms with Crippen LogP contribution in [0.2, 0.25) is 0 Å². The van der Waals surface area contributed by atoms with Crippen molar-refractivity contribution in [3.63, 3.8) is 0 Å². The number of ether oxygens (including phenoxy) is 2. The summed E-state index contributed by atoms with van der Waals surface area (Å²) in [6.07, 6.45) is 0. The number of thiocarbonyl (C=S) groups is 1. The molecule has 0 aliphatic heterocycles. The maximum absolute atomic E-state index is 5.55. The molecule has 0 unspecified atom stereocenters. The van der Waals surface area contributed by atoms with Gasteiger partial charge >= 0.3 is 0 Å². The Labute approximate surface area is 130 Å². The summed E-state index contributed by atoms with van der Waals surface area (Å²) in [5.41, 5.74) is 1.73. The first-order chi connectivity index (χ1) is 10.2. The Balaban J connectivity index is 2.01. The fourth-order valence-corrected chi connectivity index (χ4v) is 2.04. The van der Waals surface area contributed by atoms with Crippen LogP contribution in [0.1, 0.15) is 6.92 Å². The van der Waals surface area contributed by atoms with Gasteiger partial charge in [-0.25, -0.2) is 0 Å². The topological polar surface area (TPSA) is 42.5 Å². The molecule has 0 saturated carbocycles. The molecule has 4 nitrogen and oxygen atoms in total. The van der Waals surface area contributed by atoms with E-state index < -0.39 is 0 Å². The van der Waals surface area contributed by atoms with Gasteiger partial charge in [-0.05, 0) is 55.5 Å². The van der Waals surface area contributed by atoms with Crippen LogP contribution >= 0.6 is 12.2 Å². The maximum Gasteiger partial charge on any atom is 0.175 e. The summed E-state index contributed by atoms with van der Waals surface area (Å²) in [6.45, 7) is 2.56. The summed E-state index contributed by atoms with van der Waals surface area (Å²) in [5, 5.41) is 6.76. The minimum atomic E-state index is 0.507. The summed E-state index contributed by atoms with van der Waals surface area (Å²) >= 11 is 5.31. The minimum absolute atomic E-state index is 0.507. The van der Waals surface area contributed by atoms with Gasteiger partial charge in [-0.1, -0.05) is 12.1 Å². The Morgan fingerprint density at radius 3 is 2.43 bits per heavy atom. The molecule has 0 aromatic heterocycles. The van der Waals surface area contributed by atoms with Crippen LogP contribution in [0.5, 0.6) is 11.5 Å². The first-order valence-electron chi connectivity index (χ1n) is 6.67. The Bertz CT molecular complexity index is 599. The zero-order valence-corrected chi connectivity index (χ0v) is 12.9. The lowest BCUT2D eigenvalue weighted by Gasteiger charge is -2.14. The third kappa shape index (κ3) is 4.36. The Morgan fingerprint density at radius 2 is 1.76 bits per heavy atom. The van der Waals surface area contributed by atoms with E-state index in [-0.39, 0.29) is 0 Å². The van der Waals surface area contributed by atoms with Crippen molar-refractivity contribution in [2.24, 2.45) is 0 Å². The third-order valence-corrected chi connectivity index (χ3v) is 2.99. The highest BCUT2D eigenvalue weighted by Gasteiger charge is 2.04. The molecule has 2 N–H and O–H groups in total. The predicted molar refractivity (Wildman–Crippen MR) is 90.4 cm³/mol. The molecule has 2 aromatic rings. The molecule has 2 rings (SSSR count). The van der Waals surface area contributed by atoms with Crippen LogP contribution in [-0.2, 0) is 0 Å². The van der Waals surface area contributed by atoms with Gasteiger partial charge in [0.1, 0.15) is 11.5 Å². The molecule has 2 aromatic carbocycles. The van der Waals surface area contributed by atoms with Gasteiger partial charge < -0.3 is 20.1 Å². The molecule has 21 heavy (non-hydrogen) atoms. The molecule has 0 fully saturated rings. The van der Waals surface area contributed by atoms with E-state index in [0.717, 1.165) is 22.9 Å². The predicted octanol–water partition coefficient (Wildman–Crippen LogP) is 3.90. The molecule has 0 radical (unpaired) electrons. The third-order valence-electron chi connectivity index (χ3n) is 2.78. The molecule has 0 bridgehead atoms. The number of hydrogen-bond acceptors (Lipinski definition) is 3. The first kappa shape index (κ1) is 15.1. The van der Waals surface area contributed by atoms with Crippen LogP contribution in [-0.4, -0.2) is 18.8 Å². The van der Waals surface area contributed by atoms with Gasteiger partial charge in [0, 0.05) is 5.69 Å². The van der Waals surface area contributed by atoms with Crippen molar-refractivity contribution in [3.8, 4) is 11.5 Å². The van der Waals surface area contributed by atoms with Crippen molar-refractivity contribution in [3.05, 3.63) is 48.5 Å². The number of nitrogens with one attached hydrogen (secondary N) is 2. The van der Waals surface area contributed by atoms with Gasteiger partial charge in [0.25, 0.3) is 0 Å². The van der Waals surface area contributed by atoms with Crippen LogP contribution in [0.15, 0.2) is 48.5 Å². The number of hydrogen-bond donors (Lipinski definition) is 2. The zero-order chi connectivity index (χ0) is 15.1. The van der Waals surface area contributed by atoms with Crippen molar-refractivity contribution in [2.45, 2.75) is 6.92 Å². The number of benzene rings is 2. The minimum Gasteiger partial charge on any atom is -0.497 e. The highest BCUT2D eigenvalue weighted by Crippen LogP contribution is 2.24. The molecule has 0 aliphatic rings. The Kier molecular flexibility index (Phi) is 5.40. The lowest BCUT2D eigenvalue weighted by atomic mass is 10.3. The summed E-state index contributed by atoms with van der Waals surface area (Å²) in [6, 6.07) is 15.2. The van der Waals surface area contributed by atoms with Gasteiger partial charge in [-0.3, -0.25) is 0 Å². The smallest absolute Gasteiger partial charge is 0.175 e. The molecule has 0 amide bonds. The number of methoxy groups -OCH3 is 1. The van der Waals surface area contributed by atoms with Crippen molar-refractivity contribution >= 4 is 28.7 Å². The fourth-order valence-electron chi connectivity index (χ4n) is 1.81. The van der Waals surface area contributed by atoms with Crippen LogP contribution < -0.4 is 20.1 Å². The zero-order valence-electron chi connectivity index (χ0n) is 12.1. The van der Waals surface area contributed by atoms with E-state index in [1.54, 1.807) is 7.11 Å². The van der Waals surface area contributed by atoms with E-state index in [1.165, 1.54) is 0 Å². The maximum atomic E-state index is 5.55. The second-order valence-corrected chi connectivity index (χ2v) is 4.65. The van der Waals surface area contributed by atoms with Crippen molar-refractivity contribution in [2.75, 3.05) is 24.4 Å². The lowest BCUT2D eigenvalue weighted by molar-refractivity contribution is 0.342. The number of anilines is 2. The normalized spacial score (nSPS) is 9.81. The van der Waals surface area contributed by atoms with Crippen LogP contribution in [0.4, 0.5) is 11.4 Å². The van der Waals surface area contributed by atoms with E-state index >= 15 is 0 Å². The van der Waals surface area contributed by atoms with Gasteiger partial charge in [0.2, 0.25) is 0 Å². The van der Waals surface area contributed by atoms with Crippen molar-refractivity contribution in [1.29, 1.82) is 0 Å². The molecule has 110 valence electrons. The summed E-state index contributed by atoms with van der Waals surface area (Å²) in [4.78, 5) is 0. The monoisotopic (exact) mass is 302 g/mol. The van der Waals surface area contributed by atoms with E-state index in [1.807, 2.05) is 55.5 Å². The van der Waals surface area contributed by atoms with Crippen molar-refractivity contribution < 1.29 is 9.47 Å². The van der Waals surface area contributed by atoms with Gasteiger partial charge in [0.15, 0.2) is 5.11 Å². The van der Waals surface area contributed by atoms with Gasteiger partial charge in [-0.2, -0.15) is 0 Å². The molecule has 0 saturated heterocycles. The van der Waals surface area contributed by atoms with Crippen LogP contribution in [0.3, 0.4) is 0 Å². The SMILES string of the molecule is CCOc1ccccc1NC(=S)Nc1ccc(OC)cc1. The largest absolute Gasteiger partial charge is 0.497 e. The molecule has 0 heterocycles. The number of rotatable bonds is 5. The second kappa shape index (κ2) is 7.50. The standard InChI is InChI=1S/C16H18N2O2S/c1-3-20-15-7-5-4-6-14(15)18-16(21)17-12-8-10-13(19-2)11-9-12/h4-11H,3H2,1-2H3,(H2,17,18,21). The van der Waals surface area contributed by atoms with E-state index in [2.05, 4.69) is 10.6 Å².